The van der Waals surface area contributed by atoms with E-state index in [0.29, 0.717) is 36.3 Å². The van der Waals surface area contributed by atoms with E-state index < -0.39 is 18.0 Å². The summed E-state index contributed by atoms with van der Waals surface area (Å²) in [5.41, 5.74) is 3.61. The number of ether oxygens (including phenoxy) is 1. The van der Waals surface area contributed by atoms with Gasteiger partial charge >= 0.3 is 12.1 Å². The number of carbonyl (C=O) groups is 3. The van der Waals surface area contributed by atoms with E-state index in [-0.39, 0.29) is 13.2 Å². The van der Waals surface area contributed by atoms with E-state index >= 15 is 0 Å². The van der Waals surface area contributed by atoms with Crippen molar-refractivity contribution < 1.29 is 29.4 Å². The molecular weight excluding hydrogens is 452 g/mol. The van der Waals surface area contributed by atoms with E-state index in [0.717, 1.165) is 22.9 Å². The van der Waals surface area contributed by atoms with Crippen molar-refractivity contribution in [3.63, 3.8) is 0 Å². The van der Waals surface area contributed by atoms with Gasteiger partial charge in [-0.1, -0.05) is 24.3 Å². The van der Waals surface area contributed by atoms with Crippen LogP contribution < -0.4 is 10.2 Å². The number of nitrogens with zero attached hydrogens (tertiary/aromatic N) is 3. The molecule has 0 bridgehead atoms. The Hall–Kier alpha value is -3.89. The fraction of sp³-hybridized carbons (Fsp3) is 0.320. The highest BCUT2D eigenvalue weighted by Crippen LogP contribution is 2.16. The molecule has 3 N–H and O–H groups in total. The van der Waals surface area contributed by atoms with E-state index in [4.69, 9.17) is 9.84 Å². The van der Waals surface area contributed by atoms with Crippen LogP contribution in [0.25, 0.3) is 0 Å². The molecule has 2 amide bonds. The van der Waals surface area contributed by atoms with Gasteiger partial charge in [0.05, 0.1) is 0 Å². The van der Waals surface area contributed by atoms with Gasteiger partial charge in [-0.25, -0.2) is 14.7 Å². The molecule has 0 aliphatic heterocycles. The van der Waals surface area contributed by atoms with Gasteiger partial charge in [-0.3, -0.25) is 15.3 Å². The molecule has 0 heterocycles. The third-order valence-electron chi connectivity index (χ3n) is 5.01. The van der Waals surface area contributed by atoms with Gasteiger partial charge in [0.25, 0.3) is 5.91 Å². The number of hydroxylamine groups is 2. The van der Waals surface area contributed by atoms with Crippen molar-refractivity contribution >= 4 is 29.3 Å². The number of carboxylic acid groups (broad SMARTS) is 1. The first kappa shape index (κ1) is 27.4. The van der Waals surface area contributed by atoms with E-state index in [1.165, 1.54) is 0 Å². The fourth-order valence-electron chi connectivity index (χ4n) is 3.11. The van der Waals surface area contributed by atoms with Crippen molar-refractivity contribution in [2.45, 2.75) is 19.6 Å². The van der Waals surface area contributed by atoms with Crippen LogP contribution in [-0.4, -0.2) is 72.5 Å². The van der Waals surface area contributed by atoms with Crippen molar-refractivity contribution in [2.24, 2.45) is 0 Å². The molecule has 0 atom stereocenters. The normalized spacial score (nSPS) is 10.9. The van der Waals surface area contributed by atoms with Crippen molar-refractivity contribution in [1.29, 1.82) is 0 Å². The zero-order chi connectivity index (χ0) is 25.8. The summed E-state index contributed by atoms with van der Waals surface area (Å²) >= 11 is 0. The Balaban J connectivity index is 1.70. The van der Waals surface area contributed by atoms with Crippen molar-refractivity contribution in [1.82, 2.24) is 9.96 Å². The number of benzene rings is 2. The van der Waals surface area contributed by atoms with Crippen LogP contribution in [0, 0.1) is 0 Å². The Morgan fingerprint density at radius 2 is 1.54 bits per heavy atom. The molecule has 0 radical (unpaired) electrons. The largest absolute Gasteiger partial charge is 0.478 e. The number of anilines is 2. The molecule has 0 aliphatic carbocycles. The molecule has 35 heavy (non-hydrogen) atoms. The predicted octanol–water partition coefficient (Wildman–Crippen LogP) is 3.18. The van der Waals surface area contributed by atoms with Gasteiger partial charge in [0.2, 0.25) is 0 Å². The highest BCUT2D eigenvalue weighted by atomic mass is 16.5. The molecule has 0 fully saturated rings. The van der Waals surface area contributed by atoms with Crippen LogP contribution in [0.15, 0.2) is 60.7 Å². The predicted molar refractivity (Wildman–Crippen MR) is 132 cm³/mol. The van der Waals surface area contributed by atoms with Gasteiger partial charge < -0.3 is 19.6 Å². The highest BCUT2D eigenvalue weighted by molar-refractivity contribution is 5.93. The van der Waals surface area contributed by atoms with Crippen LogP contribution in [0.4, 0.5) is 16.2 Å². The summed E-state index contributed by atoms with van der Waals surface area (Å²) in [6.45, 7) is 1.51. The van der Waals surface area contributed by atoms with Gasteiger partial charge in [-0.2, -0.15) is 0 Å². The minimum absolute atomic E-state index is 0.0886. The summed E-state index contributed by atoms with van der Waals surface area (Å²) in [7, 11) is 5.81. The second kappa shape index (κ2) is 13.7. The maximum Gasteiger partial charge on any atom is 0.411 e. The van der Waals surface area contributed by atoms with Crippen molar-refractivity contribution in [2.75, 3.05) is 44.4 Å². The van der Waals surface area contributed by atoms with Crippen LogP contribution in [0.1, 0.15) is 17.5 Å². The lowest BCUT2D eigenvalue weighted by molar-refractivity contribution is -0.159. The molecule has 10 heteroatoms. The van der Waals surface area contributed by atoms with Gasteiger partial charge in [0.15, 0.2) is 0 Å². The third-order valence-corrected chi connectivity index (χ3v) is 5.01. The van der Waals surface area contributed by atoms with Crippen LogP contribution in [0.2, 0.25) is 0 Å². The monoisotopic (exact) mass is 484 g/mol. The quantitative estimate of drug-likeness (QED) is 0.239. The number of carboxylic acids is 1. The first-order valence-electron chi connectivity index (χ1n) is 11.0. The Morgan fingerprint density at radius 3 is 2.14 bits per heavy atom. The molecule has 0 aromatic heterocycles. The SMILES string of the molecule is CN(CCCN(O)C(=O)C=CC(=O)O)Cc1ccc(COC(=O)Nc2ccc(N(C)C)cc2)cc1. The number of hydrogen-bond donors (Lipinski definition) is 3. The first-order valence-corrected chi connectivity index (χ1v) is 11.0. The fourth-order valence-corrected chi connectivity index (χ4v) is 3.11. The molecule has 0 saturated heterocycles. The minimum Gasteiger partial charge on any atom is -0.478 e. The van der Waals surface area contributed by atoms with Crippen LogP contribution in [0.3, 0.4) is 0 Å². The Labute approximate surface area is 205 Å². The van der Waals surface area contributed by atoms with Crippen LogP contribution >= 0.6 is 0 Å². The maximum absolute atomic E-state index is 12.1. The molecule has 0 saturated carbocycles. The molecule has 2 aromatic carbocycles. The van der Waals surface area contributed by atoms with Gasteiger partial charge in [-0.05, 0) is 55.4 Å². The molecule has 0 unspecified atom stereocenters. The second-order valence-electron chi connectivity index (χ2n) is 8.18. The maximum atomic E-state index is 12.1. The molecule has 0 spiro atoms. The lowest BCUT2D eigenvalue weighted by Gasteiger charge is -2.19. The zero-order valence-electron chi connectivity index (χ0n) is 20.2. The summed E-state index contributed by atoms with van der Waals surface area (Å²) in [5, 5.41) is 21.4. The number of amides is 2. The molecule has 188 valence electrons. The molecule has 2 aromatic rings. The number of carbonyl (C=O) groups excluding carboxylic acids is 2. The zero-order valence-corrected chi connectivity index (χ0v) is 20.2. The smallest absolute Gasteiger partial charge is 0.411 e. The highest BCUT2D eigenvalue weighted by Gasteiger charge is 2.09. The summed E-state index contributed by atoms with van der Waals surface area (Å²) < 4.78 is 5.29. The van der Waals surface area contributed by atoms with E-state index in [1.807, 2.05) is 79.5 Å². The number of aliphatic carboxylic acids is 1. The summed E-state index contributed by atoms with van der Waals surface area (Å²) in [6.07, 6.45) is 1.48. The molecule has 2 rings (SSSR count). The topological polar surface area (TPSA) is 123 Å². The third kappa shape index (κ3) is 10.3. The average molecular weight is 485 g/mol. The lowest BCUT2D eigenvalue weighted by Crippen LogP contribution is -2.29. The summed E-state index contributed by atoms with van der Waals surface area (Å²) in [4.78, 5) is 38.0. The standard InChI is InChI=1S/C25H32N4O6/c1-27(2)22-11-9-21(10-12-22)26-25(33)35-18-20-7-5-19(6-8-20)17-28(3)15-4-16-29(34)23(30)13-14-24(31)32/h5-14,34H,4,15-18H2,1-3H3,(H,26,33)(H,31,32). The average Bonchev–Trinajstić information content (AvgIpc) is 2.82. The van der Waals surface area contributed by atoms with Gasteiger partial charge in [0, 0.05) is 50.7 Å². The van der Waals surface area contributed by atoms with E-state index in [9.17, 15) is 19.6 Å². The van der Waals surface area contributed by atoms with Crippen LogP contribution in [-0.2, 0) is 27.5 Å². The molecule has 0 aliphatic rings. The van der Waals surface area contributed by atoms with E-state index in [2.05, 4.69) is 5.32 Å². The second-order valence-corrected chi connectivity index (χ2v) is 8.18. The van der Waals surface area contributed by atoms with E-state index in [1.54, 1.807) is 0 Å². The number of hydrogen-bond acceptors (Lipinski definition) is 7. The van der Waals surface area contributed by atoms with Gasteiger partial charge in [0.1, 0.15) is 6.61 Å². The summed E-state index contributed by atoms with van der Waals surface area (Å²) in [6, 6.07) is 15.1. The first-order chi connectivity index (χ1) is 16.6. The van der Waals surface area contributed by atoms with Crippen molar-refractivity contribution in [3.05, 3.63) is 71.8 Å². The molecular formula is C25H32N4O6. The van der Waals surface area contributed by atoms with Crippen molar-refractivity contribution in [3.8, 4) is 0 Å². The summed E-state index contributed by atoms with van der Waals surface area (Å²) in [5.74, 6) is -2.03. The Bertz CT molecular complexity index is 1010. The Morgan fingerprint density at radius 1 is 0.914 bits per heavy atom. The lowest BCUT2D eigenvalue weighted by atomic mass is 10.1. The minimum atomic E-state index is -1.25. The van der Waals surface area contributed by atoms with Gasteiger partial charge in [-0.15, -0.1) is 0 Å². The number of rotatable bonds is 12. The molecule has 10 nitrogen and oxygen atoms in total. The number of nitrogens with one attached hydrogen (secondary N) is 1. The van der Waals surface area contributed by atoms with Crippen LogP contribution in [0.5, 0.6) is 0 Å². The Kier molecular flexibility index (Phi) is 10.7.